The Morgan fingerprint density at radius 3 is 2.67 bits per heavy atom. The number of hydrogen-bond acceptors (Lipinski definition) is 3. The van der Waals surface area contributed by atoms with E-state index in [2.05, 4.69) is 9.97 Å². The van der Waals surface area contributed by atoms with E-state index in [-0.39, 0.29) is 11.4 Å². The van der Waals surface area contributed by atoms with Gasteiger partial charge in [-0.15, -0.1) is 0 Å². The van der Waals surface area contributed by atoms with Crippen LogP contribution in [0.1, 0.15) is 21.7 Å². The highest BCUT2D eigenvalue weighted by Gasteiger charge is 2.14. The van der Waals surface area contributed by atoms with Crippen LogP contribution in [0.15, 0.2) is 24.4 Å². The minimum absolute atomic E-state index is 0.281. The number of carboxylic acid groups (broad SMARTS) is 1. The van der Waals surface area contributed by atoms with Gasteiger partial charge in [-0.05, 0) is 37.1 Å². The Morgan fingerprint density at radius 1 is 1.33 bits per heavy atom. The van der Waals surface area contributed by atoms with Crippen LogP contribution in [-0.2, 0) is 0 Å². The summed E-state index contributed by atoms with van der Waals surface area (Å²) >= 11 is 0. The number of halogens is 1. The lowest BCUT2D eigenvalue weighted by molar-refractivity contribution is 0.0683. The van der Waals surface area contributed by atoms with Gasteiger partial charge in [-0.3, -0.25) is 0 Å². The second-order valence-corrected chi connectivity index (χ2v) is 4.01. The minimum Gasteiger partial charge on any atom is -0.475 e. The van der Waals surface area contributed by atoms with Crippen molar-refractivity contribution < 1.29 is 14.3 Å². The lowest BCUT2D eigenvalue weighted by Gasteiger charge is -2.07. The molecule has 0 aliphatic carbocycles. The van der Waals surface area contributed by atoms with Crippen molar-refractivity contribution in [3.05, 3.63) is 47.2 Å². The number of aryl methyl sites for hydroxylation is 2. The lowest BCUT2D eigenvalue weighted by Crippen LogP contribution is -2.06. The first-order valence-electron chi connectivity index (χ1n) is 5.32. The Bertz CT molecular complexity index is 626. The molecule has 0 atom stereocenters. The molecule has 2 rings (SSSR count). The SMILES string of the molecule is Cc1ccc(-c2nc(C(=O)O)ncc2C)c(F)c1. The van der Waals surface area contributed by atoms with E-state index in [1.807, 2.05) is 0 Å². The van der Waals surface area contributed by atoms with E-state index in [4.69, 9.17) is 5.11 Å². The van der Waals surface area contributed by atoms with Gasteiger partial charge in [-0.1, -0.05) is 6.07 Å². The average molecular weight is 246 g/mol. The maximum Gasteiger partial charge on any atom is 0.373 e. The molecule has 0 fully saturated rings. The maximum absolute atomic E-state index is 13.8. The fourth-order valence-corrected chi connectivity index (χ4v) is 1.63. The monoisotopic (exact) mass is 246 g/mol. The summed E-state index contributed by atoms with van der Waals surface area (Å²) in [5.74, 6) is -1.99. The van der Waals surface area contributed by atoms with Gasteiger partial charge in [0.15, 0.2) is 0 Å². The topological polar surface area (TPSA) is 63.1 Å². The smallest absolute Gasteiger partial charge is 0.373 e. The molecule has 0 saturated heterocycles. The molecule has 5 heteroatoms. The van der Waals surface area contributed by atoms with Gasteiger partial charge in [0.25, 0.3) is 0 Å². The van der Waals surface area contributed by atoms with Crippen molar-refractivity contribution in [2.45, 2.75) is 13.8 Å². The van der Waals surface area contributed by atoms with Crippen molar-refractivity contribution in [2.75, 3.05) is 0 Å². The quantitative estimate of drug-likeness (QED) is 0.884. The number of nitrogens with zero attached hydrogens (tertiary/aromatic N) is 2. The summed E-state index contributed by atoms with van der Waals surface area (Å²) in [7, 11) is 0. The molecule has 1 aromatic heterocycles. The zero-order chi connectivity index (χ0) is 13.3. The van der Waals surface area contributed by atoms with Crippen LogP contribution in [0.2, 0.25) is 0 Å². The second-order valence-electron chi connectivity index (χ2n) is 4.01. The van der Waals surface area contributed by atoms with Crippen LogP contribution in [0.25, 0.3) is 11.3 Å². The molecule has 2 aromatic rings. The van der Waals surface area contributed by atoms with Crippen LogP contribution in [0.3, 0.4) is 0 Å². The summed E-state index contributed by atoms with van der Waals surface area (Å²) in [5, 5.41) is 8.84. The number of hydrogen-bond donors (Lipinski definition) is 1. The Hall–Kier alpha value is -2.30. The molecule has 0 bridgehead atoms. The van der Waals surface area contributed by atoms with Gasteiger partial charge in [-0.2, -0.15) is 0 Å². The van der Waals surface area contributed by atoms with Gasteiger partial charge in [-0.25, -0.2) is 19.2 Å². The fraction of sp³-hybridized carbons (Fsp3) is 0.154. The summed E-state index contributed by atoms with van der Waals surface area (Å²) in [6, 6.07) is 4.73. The fourth-order valence-electron chi connectivity index (χ4n) is 1.63. The predicted molar refractivity (Wildman–Crippen MR) is 63.9 cm³/mol. The van der Waals surface area contributed by atoms with Gasteiger partial charge in [0.05, 0.1) is 5.69 Å². The predicted octanol–water partition coefficient (Wildman–Crippen LogP) is 2.60. The highest BCUT2D eigenvalue weighted by Crippen LogP contribution is 2.24. The van der Waals surface area contributed by atoms with E-state index in [0.717, 1.165) is 5.56 Å². The standard InChI is InChI=1S/C13H11FN2O2/c1-7-3-4-9(10(14)5-7)11-8(2)6-15-12(16-11)13(17)18/h3-6H,1-2H3,(H,17,18). The normalized spacial score (nSPS) is 10.4. The highest BCUT2D eigenvalue weighted by atomic mass is 19.1. The molecule has 0 amide bonds. The van der Waals surface area contributed by atoms with Crippen molar-refractivity contribution in [1.82, 2.24) is 9.97 Å². The van der Waals surface area contributed by atoms with Crippen LogP contribution < -0.4 is 0 Å². The second kappa shape index (κ2) is 4.52. The van der Waals surface area contributed by atoms with Crippen LogP contribution in [0.5, 0.6) is 0 Å². The molecule has 18 heavy (non-hydrogen) atoms. The van der Waals surface area contributed by atoms with E-state index < -0.39 is 11.8 Å². The number of aromatic carboxylic acids is 1. The lowest BCUT2D eigenvalue weighted by atomic mass is 10.1. The zero-order valence-electron chi connectivity index (χ0n) is 9.94. The van der Waals surface area contributed by atoms with Gasteiger partial charge in [0.2, 0.25) is 5.82 Å². The average Bonchev–Trinajstić information content (AvgIpc) is 2.30. The van der Waals surface area contributed by atoms with E-state index in [0.29, 0.717) is 11.3 Å². The molecule has 0 aliphatic heterocycles. The van der Waals surface area contributed by atoms with Gasteiger partial charge in [0, 0.05) is 11.8 Å². The van der Waals surface area contributed by atoms with Gasteiger partial charge >= 0.3 is 5.97 Å². The summed E-state index contributed by atoms with van der Waals surface area (Å²) in [6.45, 7) is 3.49. The third kappa shape index (κ3) is 2.20. The number of carbonyl (C=O) groups is 1. The highest BCUT2D eigenvalue weighted by molar-refractivity contribution is 5.84. The largest absolute Gasteiger partial charge is 0.475 e. The summed E-state index contributed by atoms with van der Waals surface area (Å²) < 4.78 is 13.8. The van der Waals surface area contributed by atoms with E-state index in [1.165, 1.54) is 12.3 Å². The van der Waals surface area contributed by atoms with Crippen molar-refractivity contribution >= 4 is 5.97 Å². The zero-order valence-corrected chi connectivity index (χ0v) is 9.94. The Morgan fingerprint density at radius 2 is 2.06 bits per heavy atom. The van der Waals surface area contributed by atoms with Crippen LogP contribution >= 0.6 is 0 Å². The first-order valence-corrected chi connectivity index (χ1v) is 5.32. The van der Waals surface area contributed by atoms with Crippen LogP contribution in [0.4, 0.5) is 4.39 Å². The van der Waals surface area contributed by atoms with Crippen molar-refractivity contribution in [1.29, 1.82) is 0 Å². The van der Waals surface area contributed by atoms with Crippen molar-refractivity contribution in [2.24, 2.45) is 0 Å². The Kier molecular flexibility index (Phi) is 3.06. The number of rotatable bonds is 2. The summed E-state index contributed by atoms with van der Waals surface area (Å²) in [5.41, 5.74) is 2.01. The number of aromatic nitrogens is 2. The van der Waals surface area contributed by atoms with Gasteiger partial charge < -0.3 is 5.11 Å². The molecule has 1 heterocycles. The number of carboxylic acids is 1. The summed E-state index contributed by atoms with van der Waals surface area (Å²) in [4.78, 5) is 18.4. The molecule has 92 valence electrons. The van der Waals surface area contributed by atoms with Gasteiger partial charge in [0.1, 0.15) is 5.82 Å². The Balaban J connectivity index is 2.62. The van der Waals surface area contributed by atoms with E-state index in [1.54, 1.807) is 26.0 Å². The molecule has 4 nitrogen and oxygen atoms in total. The maximum atomic E-state index is 13.8. The molecular formula is C13H11FN2O2. The number of benzene rings is 1. The molecule has 1 aromatic carbocycles. The first kappa shape index (κ1) is 12.2. The first-order chi connectivity index (χ1) is 8.49. The molecular weight excluding hydrogens is 235 g/mol. The van der Waals surface area contributed by atoms with Crippen molar-refractivity contribution in [3.63, 3.8) is 0 Å². The van der Waals surface area contributed by atoms with E-state index in [9.17, 15) is 9.18 Å². The molecule has 0 spiro atoms. The molecule has 0 saturated carbocycles. The van der Waals surface area contributed by atoms with Crippen molar-refractivity contribution in [3.8, 4) is 11.3 Å². The third-order valence-electron chi connectivity index (χ3n) is 2.54. The minimum atomic E-state index is -1.23. The van der Waals surface area contributed by atoms with Crippen LogP contribution in [-0.4, -0.2) is 21.0 Å². The molecule has 0 unspecified atom stereocenters. The van der Waals surface area contributed by atoms with Crippen LogP contribution in [0, 0.1) is 19.7 Å². The summed E-state index contributed by atoms with van der Waals surface area (Å²) in [6.07, 6.45) is 1.38. The molecule has 0 radical (unpaired) electrons. The third-order valence-corrected chi connectivity index (χ3v) is 2.54. The molecule has 1 N–H and O–H groups in total. The Labute approximate surface area is 103 Å². The molecule has 0 aliphatic rings. The van der Waals surface area contributed by atoms with E-state index >= 15 is 0 Å².